The summed E-state index contributed by atoms with van der Waals surface area (Å²) >= 11 is 0. The zero-order chi connectivity index (χ0) is 43.9. The van der Waals surface area contributed by atoms with Crippen molar-refractivity contribution >= 4 is 11.7 Å². The lowest BCUT2D eigenvalue weighted by Gasteiger charge is -2.49. The molecule has 0 aromatic carbocycles. The Morgan fingerprint density at radius 2 is 1.55 bits per heavy atom. The van der Waals surface area contributed by atoms with Crippen LogP contribution in [0, 0.1) is 23.7 Å². The van der Waals surface area contributed by atoms with Crippen molar-refractivity contribution in [1.82, 2.24) is 4.90 Å². The quantitative estimate of drug-likeness (QED) is 0.0778. The maximum Gasteiger partial charge on any atom is 0.311 e. The first-order valence-electron chi connectivity index (χ1n) is 20.8. The summed E-state index contributed by atoms with van der Waals surface area (Å²) in [6, 6.07) is -0.328. The van der Waals surface area contributed by atoms with Gasteiger partial charge in [0.2, 0.25) is 6.79 Å². The highest BCUT2D eigenvalue weighted by Gasteiger charge is 2.53. The maximum absolute atomic E-state index is 14.3. The highest BCUT2D eigenvalue weighted by molar-refractivity contribution is 5.88. The molecule has 3 aliphatic heterocycles. The number of hydrogen-bond donors (Lipinski definition) is 5. The van der Waals surface area contributed by atoms with Crippen LogP contribution in [0.2, 0.25) is 0 Å². The van der Waals surface area contributed by atoms with E-state index in [2.05, 4.69) is 5.16 Å². The smallest absolute Gasteiger partial charge is 0.311 e. The third-order valence-corrected chi connectivity index (χ3v) is 12.6. The molecule has 0 spiro atoms. The average Bonchev–Trinajstić information content (AvgIpc) is 3.15. The summed E-state index contributed by atoms with van der Waals surface area (Å²) in [6.07, 6.45) is -9.49. The number of methoxy groups -OCH3 is 2. The molecule has 5 N–H and O–H groups in total. The number of likely N-dealkylation sites (N-methyl/N-ethyl adjacent to an activating group) is 1. The number of carbonyl (C=O) groups is 1. The second-order valence-electron chi connectivity index (χ2n) is 17.7. The molecule has 58 heavy (non-hydrogen) atoms. The number of hydrogen-bond acceptors (Lipinski definition) is 17. The predicted molar refractivity (Wildman–Crippen MR) is 212 cm³/mol. The third kappa shape index (κ3) is 12.1. The van der Waals surface area contributed by atoms with Gasteiger partial charge in [-0.3, -0.25) is 4.79 Å². The van der Waals surface area contributed by atoms with Crippen LogP contribution in [-0.2, 0) is 47.5 Å². The van der Waals surface area contributed by atoms with E-state index in [1.807, 2.05) is 32.8 Å². The molecule has 0 bridgehead atoms. The molecule has 17 nitrogen and oxygen atoms in total. The molecule has 0 aromatic heterocycles. The largest absolute Gasteiger partial charge is 0.459 e. The summed E-state index contributed by atoms with van der Waals surface area (Å²) in [5.74, 6) is -4.14. The number of cyclic esters (lactones) is 1. The number of aliphatic hydroxyl groups is 5. The number of oxime groups is 1. The lowest BCUT2D eigenvalue weighted by atomic mass is 9.73. The zero-order valence-corrected chi connectivity index (χ0v) is 37.3. The van der Waals surface area contributed by atoms with E-state index >= 15 is 0 Å². The molecule has 0 radical (unpaired) electrons. The SMILES string of the molecule is CC[C@H]1OC(=O)[C@H](C)[C@H](O[C@H]2C[C@@](C)(OC)[C@@H](O)[C@H](C)O2)[C@H](C)[C@@H](O[C@@H]2O[C@H](C)C[C@H](N(C)C)[C@H]2O)[C@](C)(O)C[C@@H](C)/C(=N\OCOCCOC)[C@H](C)[C@@H](O)[C@]1(C)O. The minimum atomic E-state index is -1.97. The molecule has 17 heteroatoms. The standard InChI is InChI=1S/C41H76N2O15/c1-15-29-41(10,49)34(45)24(4)31(42-53-21-52-17-16-50-13)22(2)19-39(8,48)36(58-38-32(44)28(43(11)12)18-23(3)54-38)25(5)33(26(6)37(47)56-29)57-30-20-40(9,51-14)35(46)27(7)55-30/h22-30,32-36,38,44-46,48-49H,15-21H2,1-14H3/b42-31+/t22-,23-,24+,25+,26-,27+,28+,29-,30+,32-,33-,34-,35+,36-,38+,39-,40-,41-/m1/s1. The van der Waals surface area contributed by atoms with Gasteiger partial charge in [-0.2, -0.15) is 0 Å². The van der Waals surface area contributed by atoms with Gasteiger partial charge in [-0.05, 0) is 74.9 Å². The van der Waals surface area contributed by atoms with Crippen molar-refractivity contribution in [3.8, 4) is 0 Å². The van der Waals surface area contributed by atoms with Crippen LogP contribution in [0.3, 0.4) is 0 Å². The monoisotopic (exact) mass is 837 g/mol. The maximum atomic E-state index is 14.3. The first-order chi connectivity index (χ1) is 27.0. The molecule has 3 fully saturated rings. The average molecular weight is 837 g/mol. The Kier molecular flexibility index (Phi) is 18.8. The first-order valence-corrected chi connectivity index (χ1v) is 20.8. The molecule has 0 aliphatic carbocycles. The Morgan fingerprint density at radius 1 is 0.897 bits per heavy atom. The predicted octanol–water partition coefficient (Wildman–Crippen LogP) is 2.21. The van der Waals surface area contributed by atoms with Gasteiger partial charge in [0.15, 0.2) is 12.6 Å². The number of aliphatic hydroxyl groups excluding tert-OH is 3. The zero-order valence-electron chi connectivity index (χ0n) is 37.3. The Balaban J connectivity index is 2.22. The molecule has 3 aliphatic rings. The van der Waals surface area contributed by atoms with Crippen molar-refractivity contribution in [2.75, 3.05) is 48.3 Å². The van der Waals surface area contributed by atoms with E-state index in [-0.39, 0.29) is 44.8 Å². The van der Waals surface area contributed by atoms with Crippen molar-refractivity contribution in [1.29, 1.82) is 0 Å². The van der Waals surface area contributed by atoms with Gasteiger partial charge in [0.05, 0.1) is 66.6 Å². The van der Waals surface area contributed by atoms with Gasteiger partial charge in [-0.1, -0.05) is 32.9 Å². The van der Waals surface area contributed by atoms with Crippen molar-refractivity contribution in [3.63, 3.8) is 0 Å². The van der Waals surface area contributed by atoms with Crippen molar-refractivity contribution in [2.45, 2.75) is 179 Å². The van der Waals surface area contributed by atoms with Crippen LogP contribution in [0.25, 0.3) is 0 Å². The van der Waals surface area contributed by atoms with E-state index in [9.17, 15) is 30.3 Å². The topological polar surface area (TPSA) is 217 Å². The van der Waals surface area contributed by atoms with Gasteiger partial charge >= 0.3 is 5.97 Å². The van der Waals surface area contributed by atoms with Crippen LogP contribution in [0.1, 0.15) is 94.9 Å². The second kappa shape index (κ2) is 21.5. The lowest BCUT2D eigenvalue weighted by molar-refractivity contribution is -0.317. The number of nitrogens with zero attached hydrogens (tertiary/aromatic N) is 2. The van der Waals surface area contributed by atoms with E-state index in [1.54, 1.807) is 55.6 Å². The fourth-order valence-corrected chi connectivity index (χ4v) is 8.93. The summed E-state index contributed by atoms with van der Waals surface area (Å²) < 4.78 is 48.1. The van der Waals surface area contributed by atoms with E-state index in [1.165, 1.54) is 14.0 Å². The minimum absolute atomic E-state index is 0.0307. The molecule has 0 saturated carbocycles. The Bertz CT molecular complexity index is 1300. The van der Waals surface area contributed by atoms with E-state index in [0.29, 0.717) is 18.7 Å². The molecule has 3 heterocycles. The van der Waals surface area contributed by atoms with Crippen LogP contribution >= 0.6 is 0 Å². The molecule has 18 atom stereocenters. The molecule has 340 valence electrons. The summed E-state index contributed by atoms with van der Waals surface area (Å²) in [6.45, 7) is 17.3. The summed E-state index contributed by atoms with van der Waals surface area (Å²) in [7, 11) is 6.76. The van der Waals surface area contributed by atoms with Crippen molar-refractivity contribution < 1.29 is 73.1 Å². The second-order valence-corrected chi connectivity index (χ2v) is 17.7. The van der Waals surface area contributed by atoms with Gasteiger partial charge in [0, 0.05) is 44.4 Å². The number of rotatable bonds is 13. The van der Waals surface area contributed by atoms with Crippen molar-refractivity contribution in [3.05, 3.63) is 0 Å². The molecule has 0 aromatic rings. The highest BCUT2D eigenvalue weighted by atomic mass is 16.7. The van der Waals surface area contributed by atoms with Gasteiger partial charge in [0.25, 0.3) is 0 Å². The van der Waals surface area contributed by atoms with Crippen LogP contribution in [0.4, 0.5) is 0 Å². The van der Waals surface area contributed by atoms with E-state index < -0.39 is 102 Å². The number of ether oxygens (including phenoxy) is 8. The van der Waals surface area contributed by atoms with Crippen LogP contribution in [0.5, 0.6) is 0 Å². The fourth-order valence-electron chi connectivity index (χ4n) is 8.93. The Labute approximate surface area is 345 Å². The van der Waals surface area contributed by atoms with Gasteiger partial charge in [-0.15, -0.1) is 0 Å². The van der Waals surface area contributed by atoms with Crippen LogP contribution in [0.15, 0.2) is 5.16 Å². The van der Waals surface area contributed by atoms with Crippen LogP contribution < -0.4 is 0 Å². The molecular formula is C41H76N2O15. The Morgan fingerprint density at radius 3 is 2.14 bits per heavy atom. The molecule has 0 unspecified atom stereocenters. The highest BCUT2D eigenvalue weighted by Crippen LogP contribution is 2.41. The normalized spacial score (nSPS) is 45.8. The number of carbonyl (C=O) groups excluding carboxylic acids is 1. The molecular weight excluding hydrogens is 760 g/mol. The summed E-state index contributed by atoms with van der Waals surface area (Å²) in [4.78, 5) is 21.8. The van der Waals surface area contributed by atoms with Crippen LogP contribution in [-0.4, -0.2) is 175 Å². The summed E-state index contributed by atoms with van der Waals surface area (Å²) in [5.41, 5.74) is -4.49. The molecule has 0 amide bonds. The third-order valence-electron chi connectivity index (χ3n) is 12.6. The number of esters is 1. The lowest BCUT2D eigenvalue weighted by Crippen LogP contribution is -2.61. The summed E-state index contributed by atoms with van der Waals surface area (Å²) in [5, 5.41) is 63.6. The van der Waals surface area contributed by atoms with Gasteiger partial charge < -0.3 is 73.2 Å². The van der Waals surface area contributed by atoms with E-state index in [0.717, 1.165) is 0 Å². The molecule has 3 rings (SSSR count). The van der Waals surface area contributed by atoms with Crippen molar-refractivity contribution in [2.24, 2.45) is 28.8 Å². The van der Waals surface area contributed by atoms with E-state index in [4.69, 9.17) is 42.7 Å². The minimum Gasteiger partial charge on any atom is -0.459 e. The first kappa shape index (κ1) is 50.8. The molecule has 3 saturated heterocycles. The fraction of sp³-hybridized carbons (Fsp3) is 0.951. The van der Waals surface area contributed by atoms with Gasteiger partial charge in [0.1, 0.15) is 23.9 Å². The Hall–Kier alpha value is -1.58. The van der Waals surface area contributed by atoms with Gasteiger partial charge in [-0.25, -0.2) is 0 Å².